The van der Waals surface area contributed by atoms with E-state index in [-0.39, 0.29) is 6.10 Å². The van der Waals surface area contributed by atoms with E-state index in [2.05, 4.69) is 0 Å². The summed E-state index contributed by atoms with van der Waals surface area (Å²) in [5.74, 6) is 0.884. The van der Waals surface area contributed by atoms with Crippen LogP contribution in [0.25, 0.3) is 6.08 Å². The SMILES string of the molecule is COc1cc(=O)oc(/C=C/C=C/C=C/[C@](C)(O)[C@@H]2O[C@@]3(C)C(O)[C@@]2(C)O[C@@H]3C)c1C. The molecule has 1 aromatic heterocycles. The largest absolute Gasteiger partial charge is 0.496 e. The third-order valence-electron chi connectivity index (χ3n) is 6.18. The fourth-order valence-corrected chi connectivity index (χ4v) is 4.32. The van der Waals surface area contributed by atoms with Crippen molar-refractivity contribution in [3.63, 3.8) is 0 Å². The Morgan fingerprint density at radius 3 is 2.40 bits per heavy atom. The van der Waals surface area contributed by atoms with Crippen LogP contribution in [-0.2, 0) is 9.47 Å². The van der Waals surface area contributed by atoms with Crippen LogP contribution in [-0.4, -0.2) is 52.4 Å². The second-order valence-corrected chi connectivity index (χ2v) is 8.48. The van der Waals surface area contributed by atoms with Crippen molar-refractivity contribution in [1.82, 2.24) is 0 Å². The molecule has 0 amide bonds. The number of allylic oxidation sites excluding steroid dienone is 4. The molecular weight excluding hydrogens is 388 g/mol. The zero-order valence-electron chi connectivity index (χ0n) is 18.2. The molecule has 2 fully saturated rings. The first-order valence-corrected chi connectivity index (χ1v) is 9.93. The molecule has 0 aromatic carbocycles. The third-order valence-corrected chi connectivity index (χ3v) is 6.18. The molecule has 0 saturated carbocycles. The molecule has 3 rings (SSSR count). The molecule has 2 aliphatic rings. The monoisotopic (exact) mass is 418 g/mol. The maximum absolute atomic E-state index is 11.6. The van der Waals surface area contributed by atoms with Crippen molar-refractivity contribution in [2.45, 2.75) is 69.7 Å². The van der Waals surface area contributed by atoms with Crippen LogP contribution in [0.2, 0.25) is 0 Å². The van der Waals surface area contributed by atoms with Crippen LogP contribution in [0, 0.1) is 6.92 Å². The van der Waals surface area contributed by atoms with E-state index in [1.54, 1.807) is 64.2 Å². The Morgan fingerprint density at radius 2 is 1.83 bits per heavy atom. The van der Waals surface area contributed by atoms with Crippen LogP contribution in [0.1, 0.15) is 39.0 Å². The Morgan fingerprint density at radius 1 is 1.17 bits per heavy atom. The molecular formula is C23H30O7. The van der Waals surface area contributed by atoms with E-state index in [0.29, 0.717) is 11.5 Å². The van der Waals surface area contributed by atoms with E-state index in [4.69, 9.17) is 18.6 Å². The van der Waals surface area contributed by atoms with Gasteiger partial charge in [-0.15, -0.1) is 0 Å². The summed E-state index contributed by atoms with van der Waals surface area (Å²) >= 11 is 0. The highest BCUT2D eigenvalue weighted by Crippen LogP contribution is 2.53. The molecule has 164 valence electrons. The molecule has 2 bridgehead atoms. The summed E-state index contributed by atoms with van der Waals surface area (Å²) in [4.78, 5) is 11.6. The summed E-state index contributed by atoms with van der Waals surface area (Å²) in [6.45, 7) is 8.85. The van der Waals surface area contributed by atoms with Crippen molar-refractivity contribution in [2.24, 2.45) is 0 Å². The lowest BCUT2D eigenvalue weighted by Gasteiger charge is -2.42. The van der Waals surface area contributed by atoms with Crippen LogP contribution in [0.5, 0.6) is 5.75 Å². The number of hydrogen-bond donors (Lipinski definition) is 2. The first-order chi connectivity index (χ1) is 14.0. The number of methoxy groups -OCH3 is 1. The maximum atomic E-state index is 11.6. The van der Waals surface area contributed by atoms with Crippen LogP contribution < -0.4 is 10.4 Å². The topological polar surface area (TPSA) is 98.4 Å². The van der Waals surface area contributed by atoms with E-state index in [9.17, 15) is 15.0 Å². The number of ether oxygens (including phenoxy) is 3. The molecule has 1 unspecified atom stereocenters. The Labute approximate surface area is 176 Å². The van der Waals surface area contributed by atoms with Crippen molar-refractivity contribution in [3.05, 3.63) is 58.2 Å². The average molecular weight is 418 g/mol. The zero-order chi connectivity index (χ0) is 22.3. The molecule has 30 heavy (non-hydrogen) atoms. The van der Waals surface area contributed by atoms with E-state index >= 15 is 0 Å². The summed E-state index contributed by atoms with van der Waals surface area (Å²) in [7, 11) is 1.50. The minimum Gasteiger partial charge on any atom is -0.496 e. The van der Waals surface area contributed by atoms with E-state index in [1.165, 1.54) is 13.2 Å². The van der Waals surface area contributed by atoms with Gasteiger partial charge in [0, 0.05) is 5.56 Å². The first kappa shape index (κ1) is 22.5. The Hall–Kier alpha value is -2.19. The molecule has 2 aliphatic heterocycles. The summed E-state index contributed by atoms with van der Waals surface area (Å²) in [6.07, 6.45) is 8.34. The highest BCUT2D eigenvalue weighted by Gasteiger charge is 2.71. The molecule has 0 radical (unpaired) electrons. The summed E-state index contributed by atoms with van der Waals surface area (Å²) in [6, 6.07) is 1.30. The van der Waals surface area contributed by atoms with Crippen molar-refractivity contribution >= 4 is 6.08 Å². The Kier molecular flexibility index (Phi) is 5.86. The molecule has 7 heteroatoms. The smallest absolute Gasteiger partial charge is 0.339 e. The third kappa shape index (κ3) is 3.67. The zero-order valence-corrected chi connectivity index (χ0v) is 18.2. The fourth-order valence-electron chi connectivity index (χ4n) is 4.32. The highest BCUT2D eigenvalue weighted by atomic mass is 16.7. The molecule has 0 aliphatic carbocycles. The van der Waals surface area contributed by atoms with E-state index in [1.807, 2.05) is 6.92 Å². The van der Waals surface area contributed by atoms with Crippen molar-refractivity contribution in [2.75, 3.05) is 7.11 Å². The van der Waals surface area contributed by atoms with Gasteiger partial charge in [0.05, 0.1) is 19.3 Å². The normalized spacial score (nSPS) is 35.7. The van der Waals surface area contributed by atoms with E-state index in [0.717, 1.165) is 5.56 Å². The number of aliphatic hydroxyl groups excluding tert-OH is 1. The van der Waals surface area contributed by atoms with Gasteiger partial charge in [-0.1, -0.05) is 30.4 Å². The molecule has 7 nitrogen and oxygen atoms in total. The molecule has 1 aromatic rings. The molecule has 6 atom stereocenters. The predicted octanol–water partition coefficient (Wildman–Crippen LogP) is 2.53. The second-order valence-electron chi connectivity index (χ2n) is 8.48. The fraction of sp³-hybridized carbons (Fsp3) is 0.522. The van der Waals surface area contributed by atoms with Gasteiger partial charge < -0.3 is 28.8 Å². The van der Waals surface area contributed by atoms with Gasteiger partial charge in [-0.3, -0.25) is 0 Å². The lowest BCUT2D eigenvalue weighted by atomic mass is 9.82. The van der Waals surface area contributed by atoms with Gasteiger partial charge in [0.25, 0.3) is 0 Å². The molecule has 2 saturated heterocycles. The van der Waals surface area contributed by atoms with Gasteiger partial charge in [0.1, 0.15) is 40.5 Å². The van der Waals surface area contributed by atoms with Crippen LogP contribution >= 0.6 is 0 Å². The minimum absolute atomic E-state index is 0.265. The van der Waals surface area contributed by atoms with Crippen LogP contribution in [0.4, 0.5) is 0 Å². The van der Waals surface area contributed by atoms with Gasteiger partial charge in [-0.05, 0) is 40.7 Å². The second kappa shape index (κ2) is 7.81. The Balaban J connectivity index is 1.69. The van der Waals surface area contributed by atoms with Crippen LogP contribution in [0.15, 0.2) is 45.7 Å². The van der Waals surface area contributed by atoms with Crippen molar-refractivity contribution in [1.29, 1.82) is 0 Å². The van der Waals surface area contributed by atoms with E-state index < -0.39 is 34.6 Å². The highest BCUT2D eigenvalue weighted by molar-refractivity contribution is 5.52. The number of fused-ring (bicyclic) bond motifs is 2. The van der Waals surface area contributed by atoms with Gasteiger partial charge >= 0.3 is 5.63 Å². The lowest BCUT2D eigenvalue weighted by Crippen LogP contribution is -2.56. The van der Waals surface area contributed by atoms with Gasteiger partial charge in [0.2, 0.25) is 0 Å². The summed E-state index contributed by atoms with van der Waals surface area (Å²) in [5, 5.41) is 21.6. The molecule has 2 N–H and O–H groups in total. The summed E-state index contributed by atoms with van der Waals surface area (Å²) in [5.41, 5.74) is -2.95. The number of hydrogen-bond acceptors (Lipinski definition) is 7. The maximum Gasteiger partial charge on any atom is 0.339 e. The molecule has 3 heterocycles. The molecule has 0 spiro atoms. The van der Waals surface area contributed by atoms with Crippen molar-refractivity contribution < 1.29 is 28.8 Å². The predicted molar refractivity (Wildman–Crippen MR) is 112 cm³/mol. The average Bonchev–Trinajstić information content (AvgIpc) is 2.98. The van der Waals surface area contributed by atoms with Gasteiger partial charge in [0.15, 0.2) is 0 Å². The summed E-state index contributed by atoms with van der Waals surface area (Å²) < 4.78 is 22.3. The van der Waals surface area contributed by atoms with Gasteiger partial charge in [-0.25, -0.2) is 4.79 Å². The lowest BCUT2D eigenvalue weighted by molar-refractivity contribution is -0.240. The first-order valence-electron chi connectivity index (χ1n) is 9.93. The number of rotatable bonds is 6. The standard InChI is InChI=1S/C23H30O7/c1-14-16(28-18(24)13-17(14)27-6)11-9-7-8-10-12-21(3,26)20-23(5)19(25)22(4,30-20)15(2)29-23/h7-13,15,19-20,25-26H,1-6H3/b8-7+,11-9+,12-10+/t15-,19?,20+,21+,22-,23-/m1/s1. The van der Waals surface area contributed by atoms with Crippen molar-refractivity contribution in [3.8, 4) is 5.75 Å². The van der Waals surface area contributed by atoms with Crippen LogP contribution in [0.3, 0.4) is 0 Å². The quantitative estimate of drug-likeness (QED) is 0.685. The number of aliphatic hydroxyl groups is 2. The van der Waals surface area contributed by atoms with Gasteiger partial charge in [-0.2, -0.15) is 0 Å². The minimum atomic E-state index is -1.35. The Bertz CT molecular complexity index is 941.